The fourth-order valence-corrected chi connectivity index (χ4v) is 2.95. The number of nitrogens with zero attached hydrogens (tertiary/aromatic N) is 1. The Labute approximate surface area is 192 Å². The Balaban J connectivity index is 2.61. The molecule has 0 saturated heterocycles. The maximum absolute atomic E-state index is 13.7. The highest BCUT2D eigenvalue weighted by atomic mass is 19.4. The fraction of sp³-hybridized carbons (Fsp3) is 0.385. The van der Waals surface area contributed by atoms with E-state index in [1.54, 1.807) is 32.9 Å². The summed E-state index contributed by atoms with van der Waals surface area (Å²) >= 11 is 0. The number of ether oxygens (including phenoxy) is 2. The molecule has 0 saturated carbocycles. The molecule has 2 aromatic carbocycles. The lowest BCUT2D eigenvalue weighted by molar-refractivity contribution is -0.161. The van der Waals surface area contributed by atoms with Crippen LogP contribution in [0.15, 0.2) is 48.5 Å². The van der Waals surface area contributed by atoms with Gasteiger partial charge in [0.1, 0.15) is 17.4 Å². The monoisotopic (exact) mass is 459 g/mol. The quantitative estimate of drug-likeness (QED) is 0.159. The van der Waals surface area contributed by atoms with Crippen LogP contribution >= 0.6 is 0 Å². The molecule has 2 rings (SSSR count). The van der Waals surface area contributed by atoms with Gasteiger partial charge in [-0.15, -0.1) is 0 Å². The van der Waals surface area contributed by atoms with Gasteiger partial charge in [0.25, 0.3) is 0 Å². The average Bonchev–Trinajstić information content (AvgIpc) is 2.71. The van der Waals surface area contributed by atoms with Gasteiger partial charge in [-0.25, -0.2) is 0 Å². The van der Waals surface area contributed by atoms with Crippen LogP contribution in [-0.4, -0.2) is 12.8 Å². The molecule has 0 amide bonds. The molecule has 0 heterocycles. The number of carbonyl (C=O) groups excluding carboxylic acids is 1. The van der Waals surface area contributed by atoms with E-state index < -0.39 is 29.9 Å². The molecule has 0 aliphatic heterocycles. The van der Waals surface area contributed by atoms with Gasteiger partial charge in [-0.3, -0.25) is 4.79 Å². The Hall–Kier alpha value is -3.27. The minimum atomic E-state index is -4.68. The van der Waals surface area contributed by atoms with Gasteiger partial charge in [0.15, 0.2) is 0 Å². The van der Waals surface area contributed by atoms with Crippen LogP contribution in [0, 0.1) is 16.7 Å². The van der Waals surface area contributed by atoms with Crippen LogP contribution in [0.25, 0.3) is 11.3 Å². The van der Waals surface area contributed by atoms with E-state index in [0.29, 0.717) is 5.56 Å². The van der Waals surface area contributed by atoms with Gasteiger partial charge in [0.05, 0.1) is 11.0 Å². The van der Waals surface area contributed by atoms with Gasteiger partial charge in [-0.2, -0.15) is 18.4 Å². The van der Waals surface area contributed by atoms with E-state index in [1.165, 1.54) is 18.2 Å². The second kappa shape index (κ2) is 9.70. The van der Waals surface area contributed by atoms with Crippen LogP contribution in [0.1, 0.15) is 63.8 Å². The Kier molecular flexibility index (Phi) is 7.64. The number of nitriles is 1. The van der Waals surface area contributed by atoms with Crippen molar-refractivity contribution in [2.24, 2.45) is 5.41 Å². The second-order valence-electron chi connectivity index (χ2n) is 9.63. The topological polar surface area (TPSA) is 59.3 Å². The third-order valence-corrected chi connectivity index (χ3v) is 4.86. The molecule has 0 atom stereocenters. The van der Waals surface area contributed by atoms with Crippen molar-refractivity contribution in [3.05, 3.63) is 70.8 Å². The van der Waals surface area contributed by atoms with E-state index in [1.807, 2.05) is 39.0 Å². The summed E-state index contributed by atoms with van der Waals surface area (Å²) in [7, 11) is 0. The zero-order chi connectivity index (χ0) is 25.0. The summed E-state index contributed by atoms with van der Waals surface area (Å²) in [5, 5.41) is 9.89. The smallest absolute Gasteiger partial charge is 0.417 e. The summed E-state index contributed by atoms with van der Waals surface area (Å²) in [4.78, 5) is 12.1. The first-order chi connectivity index (χ1) is 15.2. The summed E-state index contributed by atoms with van der Waals surface area (Å²) in [5.74, 6) is -0.894. The van der Waals surface area contributed by atoms with E-state index in [-0.39, 0.29) is 22.3 Å². The summed E-state index contributed by atoms with van der Waals surface area (Å²) in [6.07, 6.45) is -4.68. The predicted octanol–water partition coefficient (Wildman–Crippen LogP) is 6.96. The van der Waals surface area contributed by atoms with Gasteiger partial charge in [0.2, 0.25) is 6.79 Å². The van der Waals surface area contributed by atoms with Crippen LogP contribution in [0.3, 0.4) is 0 Å². The molecular weight excluding hydrogens is 431 g/mol. The lowest BCUT2D eigenvalue weighted by Gasteiger charge is -2.21. The highest BCUT2D eigenvalue weighted by molar-refractivity contribution is 5.95. The first-order valence-corrected chi connectivity index (χ1v) is 10.4. The largest absolute Gasteiger partial charge is 0.455 e. The second-order valence-corrected chi connectivity index (χ2v) is 9.63. The Bertz CT molecular complexity index is 1060. The number of alkyl halides is 3. The molecule has 0 unspecified atom stereocenters. The van der Waals surface area contributed by atoms with Crippen molar-refractivity contribution in [2.45, 2.75) is 53.1 Å². The van der Waals surface area contributed by atoms with E-state index >= 15 is 0 Å². The summed E-state index contributed by atoms with van der Waals surface area (Å²) in [5.41, 5.74) is -0.940. The zero-order valence-corrected chi connectivity index (χ0v) is 19.6. The van der Waals surface area contributed by atoms with Gasteiger partial charge in [-0.05, 0) is 43.4 Å². The van der Waals surface area contributed by atoms with E-state index in [2.05, 4.69) is 0 Å². The Morgan fingerprint density at radius 1 is 0.909 bits per heavy atom. The molecule has 0 N–H and O–H groups in total. The van der Waals surface area contributed by atoms with Crippen molar-refractivity contribution in [1.29, 1.82) is 5.26 Å². The van der Waals surface area contributed by atoms with Crippen LogP contribution in [0.5, 0.6) is 0 Å². The predicted molar refractivity (Wildman–Crippen MR) is 121 cm³/mol. The number of esters is 1. The highest BCUT2D eigenvalue weighted by Crippen LogP contribution is 2.38. The molecule has 176 valence electrons. The normalized spacial score (nSPS) is 13.1. The molecule has 0 aromatic heterocycles. The standard InChI is InChI=1S/C26H28F3NO3/c1-24(2,3)18-13-11-17(12-14-18)20(15-30)22(32-16-33-23(31)25(4,5)6)19-9-7-8-10-21(19)26(27,28)29/h7-14H,16H2,1-6H3. The van der Waals surface area contributed by atoms with Gasteiger partial charge in [0, 0.05) is 5.56 Å². The molecule has 0 bridgehead atoms. The molecule has 2 aromatic rings. The molecule has 0 fully saturated rings. The number of carbonyl (C=O) groups is 1. The fourth-order valence-electron chi connectivity index (χ4n) is 2.95. The van der Waals surface area contributed by atoms with E-state index in [4.69, 9.17) is 9.47 Å². The number of benzene rings is 2. The minimum Gasteiger partial charge on any atom is -0.455 e. The highest BCUT2D eigenvalue weighted by Gasteiger charge is 2.35. The number of rotatable bonds is 5. The molecule has 0 aliphatic carbocycles. The Morgan fingerprint density at radius 3 is 1.97 bits per heavy atom. The lowest BCUT2D eigenvalue weighted by atomic mass is 9.86. The van der Waals surface area contributed by atoms with Gasteiger partial charge >= 0.3 is 12.1 Å². The van der Waals surface area contributed by atoms with Crippen molar-refractivity contribution in [1.82, 2.24) is 0 Å². The molecule has 0 aliphatic rings. The maximum atomic E-state index is 13.7. The van der Waals surface area contributed by atoms with Crippen molar-refractivity contribution in [3.8, 4) is 6.07 Å². The van der Waals surface area contributed by atoms with Gasteiger partial charge in [-0.1, -0.05) is 63.2 Å². The first-order valence-electron chi connectivity index (χ1n) is 10.4. The summed E-state index contributed by atoms with van der Waals surface area (Å²) in [6.45, 7) is 10.4. The van der Waals surface area contributed by atoms with E-state index in [9.17, 15) is 23.2 Å². The molecule has 33 heavy (non-hydrogen) atoms. The van der Waals surface area contributed by atoms with Crippen LogP contribution in [0.2, 0.25) is 0 Å². The first kappa shape index (κ1) is 26.0. The van der Waals surface area contributed by atoms with Crippen LogP contribution in [-0.2, 0) is 25.9 Å². The molecular formula is C26H28F3NO3. The molecule has 0 radical (unpaired) electrons. The number of allylic oxidation sites excluding steroid dienone is 1. The number of halogens is 3. The summed E-state index contributed by atoms with van der Waals surface area (Å²) < 4.78 is 51.8. The van der Waals surface area contributed by atoms with Crippen molar-refractivity contribution < 1.29 is 27.4 Å². The number of hydrogen-bond acceptors (Lipinski definition) is 4. The molecule has 0 spiro atoms. The summed E-state index contributed by atoms with van der Waals surface area (Å²) in [6, 6.07) is 13.8. The van der Waals surface area contributed by atoms with Crippen LogP contribution < -0.4 is 0 Å². The van der Waals surface area contributed by atoms with Crippen LogP contribution in [0.4, 0.5) is 13.2 Å². The molecule has 4 nitrogen and oxygen atoms in total. The minimum absolute atomic E-state index is 0.0982. The maximum Gasteiger partial charge on any atom is 0.417 e. The zero-order valence-electron chi connectivity index (χ0n) is 19.6. The third-order valence-electron chi connectivity index (χ3n) is 4.86. The third kappa shape index (κ3) is 6.61. The van der Waals surface area contributed by atoms with E-state index in [0.717, 1.165) is 11.6 Å². The van der Waals surface area contributed by atoms with Gasteiger partial charge < -0.3 is 9.47 Å². The van der Waals surface area contributed by atoms with Crippen molar-refractivity contribution >= 4 is 17.3 Å². The number of hydrogen-bond donors (Lipinski definition) is 0. The Morgan fingerprint density at radius 2 is 1.48 bits per heavy atom. The molecule has 7 heteroatoms. The van der Waals surface area contributed by atoms with Crippen molar-refractivity contribution in [2.75, 3.05) is 6.79 Å². The lowest BCUT2D eigenvalue weighted by Crippen LogP contribution is -2.24. The van der Waals surface area contributed by atoms with Crippen molar-refractivity contribution in [3.63, 3.8) is 0 Å². The average molecular weight is 460 g/mol. The SMILES string of the molecule is CC(C)(C)C(=O)OCOC(=C(C#N)c1ccc(C(C)(C)C)cc1)c1ccccc1C(F)(F)F.